The van der Waals surface area contributed by atoms with E-state index in [-0.39, 0.29) is 5.41 Å². The Labute approximate surface area is 169 Å². The van der Waals surface area contributed by atoms with Crippen LogP contribution < -0.4 is 5.32 Å². The van der Waals surface area contributed by atoms with Crippen molar-refractivity contribution >= 4 is 35.1 Å². The monoisotopic (exact) mass is 417 g/mol. The Bertz CT molecular complexity index is 642. The highest BCUT2D eigenvalue weighted by Crippen LogP contribution is 2.35. The standard InChI is InChI=1S/C15H21Cl2NO.C4H4O4/c1-2-19-11-15(5-7-18-8-6-15)10-12-3-4-13(16)14(17)9-12;5-3(6)1-2-4(7)8/h3-4,9,18H,2,5-8,10-11H2,1H3;1-2H,(H,5,6)(H,7,8)/b;2-1+. The molecule has 1 saturated heterocycles. The summed E-state index contributed by atoms with van der Waals surface area (Å²) in [5, 5.41) is 20.3. The highest BCUT2D eigenvalue weighted by molar-refractivity contribution is 6.42. The second-order valence-electron chi connectivity index (χ2n) is 6.32. The molecule has 1 aromatic rings. The first-order valence-corrected chi connectivity index (χ1v) is 9.40. The first kappa shape index (κ1) is 23.4. The predicted molar refractivity (Wildman–Crippen MR) is 106 cm³/mol. The molecule has 0 atom stereocenters. The zero-order valence-corrected chi connectivity index (χ0v) is 16.7. The van der Waals surface area contributed by atoms with E-state index in [1.807, 2.05) is 19.1 Å². The quantitative estimate of drug-likeness (QED) is 0.585. The molecule has 150 valence electrons. The summed E-state index contributed by atoms with van der Waals surface area (Å²) in [5.74, 6) is -2.51. The zero-order chi connectivity index (χ0) is 20.3. The fourth-order valence-electron chi connectivity index (χ4n) is 2.87. The van der Waals surface area contributed by atoms with E-state index >= 15 is 0 Å². The van der Waals surface area contributed by atoms with E-state index in [1.54, 1.807) is 0 Å². The summed E-state index contributed by atoms with van der Waals surface area (Å²) in [6.07, 6.45) is 4.41. The molecule has 0 saturated carbocycles. The smallest absolute Gasteiger partial charge is 0.328 e. The molecule has 0 amide bonds. The van der Waals surface area contributed by atoms with Gasteiger partial charge in [-0.25, -0.2) is 9.59 Å². The minimum absolute atomic E-state index is 0.235. The molecule has 8 heteroatoms. The Morgan fingerprint density at radius 1 is 1.15 bits per heavy atom. The second-order valence-corrected chi connectivity index (χ2v) is 7.14. The minimum Gasteiger partial charge on any atom is -0.478 e. The van der Waals surface area contributed by atoms with Crippen molar-refractivity contribution in [2.75, 3.05) is 26.3 Å². The van der Waals surface area contributed by atoms with Gasteiger partial charge in [0.1, 0.15) is 0 Å². The number of hydrogen-bond donors (Lipinski definition) is 3. The maximum atomic E-state index is 9.55. The topological polar surface area (TPSA) is 95.9 Å². The van der Waals surface area contributed by atoms with Gasteiger partial charge in [-0.1, -0.05) is 29.3 Å². The average Bonchev–Trinajstić information content (AvgIpc) is 2.63. The van der Waals surface area contributed by atoms with E-state index in [4.69, 9.17) is 38.2 Å². The Morgan fingerprint density at radius 3 is 2.22 bits per heavy atom. The summed E-state index contributed by atoms with van der Waals surface area (Å²) in [6, 6.07) is 5.94. The van der Waals surface area contributed by atoms with E-state index in [0.29, 0.717) is 22.2 Å². The lowest BCUT2D eigenvalue weighted by molar-refractivity contribution is -0.134. The molecule has 0 aliphatic carbocycles. The van der Waals surface area contributed by atoms with Crippen LogP contribution in [0.25, 0.3) is 0 Å². The fourth-order valence-corrected chi connectivity index (χ4v) is 3.19. The molecular weight excluding hydrogens is 393 g/mol. The van der Waals surface area contributed by atoms with Gasteiger partial charge in [0.15, 0.2) is 0 Å². The van der Waals surface area contributed by atoms with E-state index in [9.17, 15) is 9.59 Å². The molecule has 0 aromatic heterocycles. The van der Waals surface area contributed by atoms with Crippen molar-refractivity contribution in [1.82, 2.24) is 5.32 Å². The molecule has 0 radical (unpaired) electrons. The SMILES string of the molecule is CCOCC1(Cc2ccc(Cl)c(Cl)c2)CCNCC1.O=C(O)/C=C/C(=O)O. The zero-order valence-electron chi connectivity index (χ0n) is 15.2. The summed E-state index contributed by atoms with van der Waals surface area (Å²) < 4.78 is 5.72. The van der Waals surface area contributed by atoms with Crippen molar-refractivity contribution in [3.63, 3.8) is 0 Å². The third kappa shape index (κ3) is 9.24. The molecule has 6 nitrogen and oxygen atoms in total. The lowest BCUT2D eigenvalue weighted by Crippen LogP contribution is -2.41. The summed E-state index contributed by atoms with van der Waals surface area (Å²) in [6.45, 7) is 5.78. The van der Waals surface area contributed by atoms with E-state index in [1.165, 1.54) is 5.56 Å². The first-order chi connectivity index (χ1) is 12.8. The minimum atomic E-state index is -1.26. The van der Waals surface area contributed by atoms with Gasteiger partial charge in [-0.2, -0.15) is 0 Å². The lowest BCUT2D eigenvalue weighted by Gasteiger charge is -2.37. The predicted octanol–water partition coefficient (Wildman–Crippen LogP) is 3.65. The molecule has 1 fully saturated rings. The highest BCUT2D eigenvalue weighted by atomic mass is 35.5. The number of aliphatic carboxylic acids is 2. The molecule has 2 rings (SSSR count). The summed E-state index contributed by atoms with van der Waals surface area (Å²) in [4.78, 5) is 19.1. The van der Waals surface area contributed by atoms with Gasteiger partial charge in [-0.15, -0.1) is 0 Å². The van der Waals surface area contributed by atoms with E-state index < -0.39 is 11.9 Å². The van der Waals surface area contributed by atoms with E-state index in [2.05, 4.69) is 11.4 Å². The van der Waals surface area contributed by atoms with Crippen LogP contribution in [0.3, 0.4) is 0 Å². The number of carboxylic acid groups (broad SMARTS) is 2. The molecule has 3 N–H and O–H groups in total. The molecule has 1 aliphatic heterocycles. The third-order valence-corrected chi connectivity index (χ3v) is 4.95. The van der Waals surface area contributed by atoms with Gasteiger partial charge in [0.2, 0.25) is 0 Å². The van der Waals surface area contributed by atoms with Gasteiger partial charge in [-0.05, 0) is 57.0 Å². The second kappa shape index (κ2) is 12.0. The number of benzene rings is 1. The Balaban J connectivity index is 0.000000387. The average molecular weight is 418 g/mol. The lowest BCUT2D eigenvalue weighted by atomic mass is 9.75. The van der Waals surface area contributed by atoms with Gasteiger partial charge in [0.05, 0.1) is 16.7 Å². The number of nitrogens with one attached hydrogen (secondary N) is 1. The first-order valence-electron chi connectivity index (χ1n) is 8.64. The van der Waals surface area contributed by atoms with Crippen LogP contribution in [0, 0.1) is 5.41 Å². The van der Waals surface area contributed by atoms with Crippen LogP contribution in [0.2, 0.25) is 10.0 Å². The Morgan fingerprint density at radius 2 is 1.74 bits per heavy atom. The Kier molecular flexibility index (Phi) is 10.4. The van der Waals surface area contributed by atoms with Crippen molar-refractivity contribution in [1.29, 1.82) is 0 Å². The van der Waals surface area contributed by atoms with Crippen LogP contribution in [0.4, 0.5) is 0 Å². The van der Waals surface area contributed by atoms with Crippen LogP contribution in [-0.2, 0) is 20.7 Å². The maximum absolute atomic E-state index is 9.55. The van der Waals surface area contributed by atoms with Gasteiger partial charge in [0.25, 0.3) is 0 Å². The Hall–Kier alpha value is -1.60. The normalized spacial score (nSPS) is 15.8. The molecular formula is C19H25Cl2NO5. The molecule has 0 unspecified atom stereocenters. The fraction of sp³-hybridized carbons (Fsp3) is 0.474. The molecule has 27 heavy (non-hydrogen) atoms. The summed E-state index contributed by atoms with van der Waals surface area (Å²) in [5.41, 5.74) is 1.48. The van der Waals surface area contributed by atoms with E-state index in [0.717, 1.165) is 45.6 Å². The van der Waals surface area contributed by atoms with Gasteiger partial charge in [0, 0.05) is 24.2 Å². The van der Waals surface area contributed by atoms with Crippen LogP contribution in [-0.4, -0.2) is 48.5 Å². The number of hydrogen-bond acceptors (Lipinski definition) is 4. The van der Waals surface area contributed by atoms with Crippen LogP contribution in [0.5, 0.6) is 0 Å². The van der Waals surface area contributed by atoms with Crippen LogP contribution >= 0.6 is 23.2 Å². The van der Waals surface area contributed by atoms with Crippen molar-refractivity contribution in [3.8, 4) is 0 Å². The molecule has 0 bridgehead atoms. The molecule has 1 aromatic carbocycles. The van der Waals surface area contributed by atoms with Crippen molar-refractivity contribution in [2.24, 2.45) is 5.41 Å². The van der Waals surface area contributed by atoms with Crippen molar-refractivity contribution in [3.05, 3.63) is 46.0 Å². The highest BCUT2D eigenvalue weighted by Gasteiger charge is 2.32. The molecule has 1 aliphatic rings. The van der Waals surface area contributed by atoms with Gasteiger partial charge in [-0.3, -0.25) is 0 Å². The summed E-state index contributed by atoms with van der Waals surface area (Å²) in [7, 11) is 0. The number of piperidine rings is 1. The number of carbonyl (C=O) groups is 2. The van der Waals surface area contributed by atoms with Crippen molar-refractivity contribution < 1.29 is 24.5 Å². The molecule has 1 heterocycles. The van der Waals surface area contributed by atoms with Crippen molar-refractivity contribution in [2.45, 2.75) is 26.2 Å². The van der Waals surface area contributed by atoms with Gasteiger partial charge < -0.3 is 20.3 Å². The number of rotatable bonds is 7. The largest absolute Gasteiger partial charge is 0.478 e. The van der Waals surface area contributed by atoms with Gasteiger partial charge >= 0.3 is 11.9 Å². The molecule has 0 spiro atoms. The third-order valence-electron chi connectivity index (χ3n) is 4.21. The number of ether oxygens (including phenoxy) is 1. The number of carboxylic acids is 2. The summed E-state index contributed by atoms with van der Waals surface area (Å²) >= 11 is 12.1. The number of halogens is 2. The maximum Gasteiger partial charge on any atom is 0.328 e. The van der Waals surface area contributed by atoms with Crippen LogP contribution in [0.15, 0.2) is 30.4 Å². The van der Waals surface area contributed by atoms with Crippen LogP contribution in [0.1, 0.15) is 25.3 Å².